The van der Waals surface area contributed by atoms with Crippen LogP contribution >= 0.6 is 0 Å². The number of amides is 2. The minimum Gasteiger partial charge on any atom is -0.497 e. The summed E-state index contributed by atoms with van der Waals surface area (Å²) in [6.07, 6.45) is 5.66. The molecule has 2 heterocycles. The number of benzene rings is 1. The zero-order valence-electron chi connectivity index (χ0n) is 19.2. The van der Waals surface area contributed by atoms with E-state index in [0.29, 0.717) is 36.8 Å². The number of aromatic nitrogens is 2. The topological polar surface area (TPSA) is 123 Å². The maximum Gasteiger partial charge on any atom is 0.317 e. The SMILES string of the molecule is COc1ccc(CNC(=O)N2CC(c3nc(NC4CCCCC4)c(C(C)=N)c(=O)[nH]3)C2)cc1. The summed E-state index contributed by atoms with van der Waals surface area (Å²) in [7, 11) is 1.62. The molecule has 2 aliphatic rings. The van der Waals surface area contributed by atoms with Crippen molar-refractivity contribution in [1.29, 1.82) is 5.41 Å². The van der Waals surface area contributed by atoms with E-state index >= 15 is 0 Å². The molecule has 0 unspecified atom stereocenters. The van der Waals surface area contributed by atoms with Gasteiger partial charge in [-0.1, -0.05) is 31.4 Å². The Kier molecular flexibility index (Phi) is 6.96. The van der Waals surface area contributed by atoms with Gasteiger partial charge in [-0.3, -0.25) is 4.79 Å². The quantitative estimate of drug-likeness (QED) is 0.480. The number of methoxy groups -OCH3 is 1. The summed E-state index contributed by atoms with van der Waals surface area (Å²) >= 11 is 0. The Morgan fingerprint density at radius 1 is 1.21 bits per heavy atom. The molecule has 2 amide bonds. The molecule has 1 saturated carbocycles. The molecule has 0 radical (unpaired) electrons. The number of hydrogen-bond donors (Lipinski definition) is 4. The molecule has 33 heavy (non-hydrogen) atoms. The average Bonchev–Trinajstić information content (AvgIpc) is 2.77. The summed E-state index contributed by atoms with van der Waals surface area (Å²) in [5.41, 5.74) is 1.19. The molecule has 9 heteroatoms. The highest BCUT2D eigenvalue weighted by Crippen LogP contribution is 2.27. The van der Waals surface area contributed by atoms with Crippen molar-refractivity contribution in [3.8, 4) is 5.75 Å². The van der Waals surface area contributed by atoms with Crippen LogP contribution in [0.3, 0.4) is 0 Å². The van der Waals surface area contributed by atoms with Crippen molar-refractivity contribution < 1.29 is 9.53 Å². The molecule has 4 N–H and O–H groups in total. The van der Waals surface area contributed by atoms with Gasteiger partial charge in [-0.05, 0) is 37.5 Å². The van der Waals surface area contributed by atoms with Crippen molar-refractivity contribution in [3.63, 3.8) is 0 Å². The second-order valence-corrected chi connectivity index (χ2v) is 8.89. The lowest BCUT2D eigenvalue weighted by Crippen LogP contribution is -2.53. The van der Waals surface area contributed by atoms with E-state index < -0.39 is 0 Å². The van der Waals surface area contributed by atoms with Crippen LogP contribution in [0.1, 0.15) is 61.9 Å². The molecule has 176 valence electrons. The molecule has 0 atom stereocenters. The standard InChI is InChI=1S/C24H32N6O3/c1-15(25)20-22(27-18-6-4-3-5-7-18)28-21(29-23(20)31)17-13-30(14-17)24(32)26-12-16-8-10-19(33-2)11-9-16/h8-11,17-18,25H,3-7,12-14H2,1-2H3,(H,26,32)(H2,27,28,29,31). The molecule has 2 aromatic rings. The van der Waals surface area contributed by atoms with E-state index in [1.165, 1.54) is 6.42 Å². The van der Waals surface area contributed by atoms with E-state index in [4.69, 9.17) is 15.1 Å². The van der Waals surface area contributed by atoms with Crippen LogP contribution in [0, 0.1) is 5.41 Å². The van der Waals surface area contributed by atoms with Gasteiger partial charge in [0.25, 0.3) is 5.56 Å². The third-order valence-electron chi connectivity index (χ3n) is 6.42. The van der Waals surface area contributed by atoms with Crippen LogP contribution in [0.25, 0.3) is 0 Å². The first-order valence-corrected chi connectivity index (χ1v) is 11.6. The molecule has 4 rings (SSSR count). The van der Waals surface area contributed by atoms with Crippen LogP contribution in [0.15, 0.2) is 29.1 Å². The van der Waals surface area contributed by atoms with E-state index in [9.17, 15) is 9.59 Å². The van der Waals surface area contributed by atoms with Gasteiger partial charge in [-0.15, -0.1) is 0 Å². The highest BCUT2D eigenvalue weighted by Gasteiger charge is 2.34. The Balaban J connectivity index is 1.37. The first-order valence-electron chi connectivity index (χ1n) is 11.6. The van der Waals surface area contributed by atoms with Crippen molar-refractivity contribution in [1.82, 2.24) is 20.2 Å². The van der Waals surface area contributed by atoms with Crippen molar-refractivity contribution in [2.75, 3.05) is 25.5 Å². The largest absolute Gasteiger partial charge is 0.497 e. The maximum absolute atomic E-state index is 12.7. The van der Waals surface area contributed by atoms with Crippen LogP contribution in [0.4, 0.5) is 10.6 Å². The molecular weight excluding hydrogens is 420 g/mol. The number of rotatable bonds is 7. The highest BCUT2D eigenvalue weighted by molar-refractivity contribution is 6.00. The van der Waals surface area contributed by atoms with Crippen molar-refractivity contribution in [3.05, 3.63) is 51.6 Å². The molecule has 1 aliphatic heterocycles. The summed E-state index contributed by atoms with van der Waals surface area (Å²) in [6, 6.07) is 7.70. The van der Waals surface area contributed by atoms with E-state index in [2.05, 4.69) is 15.6 Å². The molecule has 0 bridgehead atoms. The number of carbonyl (C=O) groups is 1. The molecule has 9 nitrogen and oxygen atoms in total. The summed E-state index contributed by atoms with van der Waals surface area (Å²) in [4.78, 5) is 34.5. The molecule has 1 aromatic heterocycles. The summed E-state index contributed by atoms with van der Waals surface area (Å²) in [5.74, 6) is 1.81. The summed E-state index contributed by atoms with van der Waals surface area (Å²) < 4.78 is 5.15. The van der Waals surface area contributed by atoms with Gasteiger partial charge in [-0.2, -0.15) is 0 Å². The fourth-order valence-corrected chi connectivity index (χ4v) is 4.43. The first kappa shape index (κ1) is 22.8. The number of ether oxygens (including phenoxy) is 1. The second-order valence-electron chi connectivity index (χ2n) is 8.89. The lowest BCUT2D eigenvalue weighted by Gasteiger charge is -2.38. The Hall–Kier alpha value is -3.36. The van der Waals surface area contributed by atoms with E-state index in [0.717, 1.165) is 37.0 Å². The van der Waals surface area contributed by atoms with Gasteiger partial charge < -0.3 is 30.7 Å². The number of likely N-dealkylation sites (tertiary alicyclic amines) is 1. The van der Waals surface area contributed by atoms with Gasteiger partial charge in [0.05, 0.1) is 13.0 Å². The van der Waals surface area contributed by atoms with Crippen LogP contribution < -0.4 is 20.9 Å². The van der Waals surface area contributed by atoms with E-state index in [-0.39, 0.29) is 29.3 Å². The van der Waals surface area contributed by atoms with Crippen LogP contribution in [0.5, 0.6) is 5.75 Å². The Bertz CT molecular complexity index is 1050. The highest BCUT2D eigenvalue weighted by atomic mass is 16.5. The normalized spacial score (nSPS) is 16.7. The average molecular weight is 453 g/mol. The maximum atomic E-state index is 12.7. The number of nitrogens with one attached hydrogen (secondary N) is 4. The fraction of sp³-hybridized carbons (Fsp3) is 0.500. The first-order chi connectivity index (χ1) is 15.9. The zero-order valence-corrected chi connectivity index (χ0v) is 19.2. The number of hydrogen-bond acceptors (Lipinski definition) is 6. The predicted octanol–water partition coefficient (Wildman–Crippen LogP) is 3.22. The van der Waals surface area contributed by atoms with Gasteiger partial charge in [0.15, 0.2) is 0 Å². The zero-order chi connectivity index (χ0) is 23.4. The molecule has 1 aromatic carbocycles. The van der Waals surface area contributed by atoms with Gasteiger partial charge in [0.1, 0.15) is 23.0 Å². The van der Waals surface area contributed by atoms with Gasteiger partial charge in [0, 0.05) is 31.4 Å². The molecule has 1 saturated heterocycles. The lowest BCUT2D eigenvalue weighted by molar-refractivity contribution is 0.148. The minimum absolute atomic E-state index is 0.0311. The van der Waals surface area contributed by atoms with Crippen molar-refractivity contribution in [2.24, 2.45) is 0 Å². The third-order valence-corrected chi connectivity index (χ3v) is 6.42. The number of carbonyl (C=O) groups excluding carboxylic acids is 1. The lowest BCUT2D eigenvalue weighted by atomic mass is 9.95. The summed E-state index contributed by atoms with van der Waals surface area (Å²) in [5, 5.41) is 14.4. The van der Waals surface area contributed by atoms with E-state index in [1.54, 1.807) is 18.9 Å². The smallest absolute Gasteiger partial charge is 0.317 e. The number of H-pyrrole nitrogens is 1. The van der Waals surface area contributed by atoms with Crippen LogP contribution in [-0.4, -0.2) is 52.9 Å². The number of aromatic amines is 1. The van der Waals surface area contributed by atoms with Crippen LogP contribution in [0.2, 0.25) is 0 Å². The number of nitrogens with zero attached hydrogens (tertiary/aromatic N) is 2. The number of urea groups is 1. The molecule has 1 aliphatic carbocycles. The van der Waals surface area contributed by atoms with Crippen molar-refractivity contribution >= 4 is 17.6 Å². The summed E-state index contributed by atoms with van der Waals surface area (Å²) in [6.45, 7) is 3.02. The third kappa shape index (κ3) is 5.35. The molecular formula is C24H32N6O3. The van der Waals surface area contributed by atoms with Crippen molar-refractivity contribution in [2.45, 2.75) is 57.5 Å². The minimum atomic E-state index is -0.298. The second kappa shape index (κ2) is 10.1. The molecule has 0 spiro atoms. The predicted molar refractivity (Wildman–Crippen MR) is 127 cm³/mol. The molecule has 2 fully saturated rings. The van der Waals surface area contributed by atoms with Crippen LogP contribution in [-0.2, 0) is 6.54 Å². The van der Waals surface area contributed by atoms with Gasteiger partial charge in [-0.25, -0.2) is 9.78 Å². The monoisotopic (exact) mass is 452 g/mol. The Labute approximate surface area is 193 Å². The Morgan fingerprint density at radius 2 is 1.91 bits per heavy atom. The number of anilines is 1. The van der Waals surface area contributed by atoms with Gasteiger partial charge in [0.2, 0.25) is 0 Å². The fourth-order valence-electron chi connectivity index (χ4n) is 4.43. The van der Waals surface area contributed by atoms with Gasteiger partial charge >= 0.3 is 6.03 Å². The Morgan fingerprint density at radius 3 is 2.55 bits per heavy atom. The van der Waals surface area contributed by atoms with E-state index in [1.807, 2.05) is 24.3 Å².